The van der Waals surface area contributed by atoms with Crippen LogP contribution < -0.4 is 0 Å². The van der Waals surface area contributed by atoms with Crippen LogP contribution in [0.4, 0.5) is 0 Å². The minimum Gasteiger partial charge on any atom is -0.481 e. The van der Waals surface area contributed by atoms with Crippen molar-refractivity contribution in [2.24, 2.45) is 0 Å². The van der Waals surface area contributed by atoms with E-state index in [1.165, 1.54) is 4.80 Å². The van der Waals surface area contributed by atoms with Crippen molar-refractivity contribution >= 4 is 5.97 Å². The number of hydrogen-bond acceptors (Lipinski definition) is 5. The second-order valence-electron chi connectivity index (χ2n) is 4.36. The Morgan fingerprint density at radius 3 is 2.86 bits per heavy atom. The van der Waals surface area contributed by atoms with Crippen molar-refractivity contribution in [2.45, 2.75) is 6.42 Å². The van der Waals surface area contributed by atoms with Gasteiger partial charge in [-0.3, -0.25) is 9.78 Å². The molecule has 3 rings (SSSR count). The van der Waals surface area contributed by atoms with Crippen molar-refractivity contribution in [3.63, 3.8) is 0 Å². The van der Waals surface area contributed by atoms with E-state index in [2.05, 4.69) is 20.4 Å². The lowest BCUT2D eigenvalue weighted by Gasteiger charge is -2.01. The lowest BCUT2D eigenvalue weighted by molar-refractivity contribution is -0.136. The van der Waals surface area contributed by atoms with E-state index in [1.54, 1.807) is 36.5 Å². The number of carbonyl (C=O) groups is 1. The third-order valence-corrected chi connectivity index (χ3v) is 2.80. The molecule has 1 aromatic carbocycles. The SMILES string of the molecule is O=C(O)Cc1cccc(-n2nnc(-c3ccccn3)n2)c1. The molecule has 0 aliphatic heterocycles. The quantitative estimate of drug-likeness (QED) is 0.775. The van der Waals surface area contributed by atoms with Crippen LogP contribution >= 0.6 is 0 Å². The molecule has 0 saturated heterocycles. The summed E-state index contributed by atoms with van der Waals surface area (Å²) >= 11 is 0. The van der Waals surface area contributed by atoms with Crippen LogP contribution in [0.3, 0.4) is 0 Å². The maximum Gasteiger partial charge on any atom is 0.307 e. The number of rotatable bonds is 4. The van der Waals surface area contributed by atoms with E-state index in [0.29, 0.717) is 22.8 Å². The Hall–Kier alpha value is -3.09. The predicted octanol–water partition coefficient (Wildman–Crippen LogP) is 1.35. The van der Waals surface area contributed by atoms with Crippen molar-refractivity contribution in [2.75, 3.05) is 0 Å². The van der Waals surface area contributed by atoms with Crippen molar-refractivity contribution in [1.82, 2.24) is 25.2 Å². The highest BCUT2D eigenvalue weighted by Gasteiger charge is 2.09. The van der Waals surface area contributed by atoms with Crippen LogP contribution in [0.15, 0.2) is 48.7 Å². The summed E-state index contributed by atoms with van der Waals surface area (Å²) in [5.41, 5.74) is 1.96. The number of aromatic nitrogens is 5. The molecular formula is C14H11N5O2. The molecule has 0 radical (unpaired) electrons. The molecule has 0 saturated carbocycles. The summed E-state index contributed by atoms with van der Waals surface area (Å²) in [5, 5.41) is 21.0. The molecule has 104 valence electrons. The Balaban J connectivity index is 1.91. The molecule has 3 aromatic rings. The van der Waals surface area contributed by atoms with Crippen molar-refractivity contribution in [3.8, 4) is 17.2 Å². The molecule has 7 nitrogen and oxygen atoms in total. The molecule has 0 aliphatic rings. The monoisotopic (exact) mass is 281 g/mol. The van der Waals surface area contributed by atoms with Gasteiger partial charge in [-0.25, -0.2) is 0 Å². The number of aliphatic carboxylic acids is 1. The van der Waals surface area contributed by atoms with Gasteiger partial charge < -0.3 is 5.11 Å². The highest BCUT2D eigenvalue weighted by Crippen LogP contribution is 2.13. The van der Waals surface area contributed by atoms with Crippen LogP contribution in [0.5, 0.6) is 0 Å². The minimum atomic E-state index is -0.882. The molecule has 1 N–H and O–H groups in total. The van der Waals surface area contributed by atoms with Gasteiger partial charge in [0.2, 0.25) is 5.82 Å². The van der Waals surface area contributed by atoms with Gasteiger partial charge in [-0.1, -0.05) is 18.2 Å². The topological polar surface area (TPSA) is 93.8 Å². The number of tetrazole rings is 1. The van der Waals surface area contributed by atoms with Gasteiger partial charge in [-0.2, -0.15) is 0 Å². The first kappa shape index (κ1) is 12.9. The van der Waals surface area contributed by atoms with Crippen molar-refractivity contribution in [1.29, 1.82) is 0 Å². The van der Waals surface area contributed by atoms with E-state index >= 15 is 0 Å². The third-order valence-electron chi connectivity index (χ3n) is 2.80. The van der Waals surface area contributed by atoms with Crippen LogP contribution in [0.25, 0.3) is 17.2 Å². The average molecular weight is 281 g/mol. The molecule has 0 unspecified atom stereocenters. The summed E-state index contributed by atoms with van der Waals surface area (Å²) in [6.07, 6.45) is 1.61. The molecule has 0 amide bonds. The van der Waals surface area contributed by atoms with Crippen LogP contribution in [-0.2, 0) is 11.2 Å². The number of carboxylic acid groups (broad SMARTS) is 1. The zero-order valence-corrected chi connectivity index (χ0v) is 10.9. The van der Waals surface area contributed by atoms with E-state index < -0.39 is 5.97 Å². The highest BCUT2D eigenvalue weighted by atomic mass is 16.4. The third kappa shape index (κ3) is 2.92. The fraction of sp³-hybridized carbons (Fsp3) is 0.0714. The van der Waals surface area contributed by atoms with Gasteiger partial charge in [0, 0.05) is 6.20 Å². The van der Waals surface area contributed by atoms with Gasteiger partial charge in [0.15, 0.2) is 0 Å². The van der Waals surface area contributed by atoms with Gasteiger partial charge >= 0.3 is 5.97 Å². The summed E-state index contributed by atoms with van der Waals surface area (Å²) < 4.78 is 0. The fourth-order valence-corrected chi connectivity index (χ4v) is 1.89. The largest absolute Gasteiger partial charge is 0.481 e. The summed E-state index contributed by atoms with van der Waals surface area (Å²) in [7, 11) is 0. The molecule has 0 atom stereocenters. The summed E-state index contributed by atoms with van der Waals surface area (Å²) in [5.74, 6) is -0.466. The Kier molecular flexibility index (Phi) is 3.38. The smallest absolute Gasteiger partial charge is 0.307 e. The Bertz CT molecular complexity index is 770. The van der Waals surface area contributed by atoms with Crippen LogP contribution in [0.2, 0.25) is 0 Å². The lowest BCUT2D eigenvalue weighted by Crippen LogP contribution is -2.03. The molecule has 21 heavy (non-hydrogen) atoms. The average Bonchev–Trinajstić information content (AvgIpc) is 2.98. The van der Waals surface area contributed by atoms with Gasteiger partial charge in [-0.15, -0.1) is 15.0 Å². The van der Waals surface area contributed by atoms with Crippen LogP contribution in [-0.4, -0.2) is 36.3 Å². The zero-order chi connectivity index (χ0) is 14.7. The molecule has 2 aromatic heterocycles. The van der Waals surface area contributed by atoms with E-state index in [9.17, 15) is 4.79 Å². The molecular weight excluding hydrogens is 270 g/mol. The van der Waals surface area contributed by atoms with E-state index in [0.717, 1.165) is 0 Å². The van der Waals surface area contributed by atoms with E-state index in [4.69, 9.17) is 5.11 Å². The number of pyridine rings is 1. The normalized spacial score (nSPS) is 10.5. The van der Waals surface area contributed by atoms with Gasteiger partial charge in [-0.05, 0) is 35.0 Å². The Morgan fingerprint density at radius 1 is 1.19 bits per heavy atom. The number of nitrogens with zero attached hydrogens (tertiary/aromatic N) is 5. The predicted molar refractivity (Wildman–Crippen MR) is 73.7 cm³/mol. The Labute approximate surface area is 119 Å². The summed E-state index contributed by atoms with van der Waals surface area (Å²) in [6.45, 7) is 0. The standard InChI is InChI=1S/C14H11N5O2/c20-13(21)9-10-4-3-5-11(8-10)19-17-14(16-18-19)12-6-1-2-7-15-12/h1-8H,9H2,(H,20,21). The van der Waals surface area contributed by atoms with Crippen LogP contribution in [0.1, 0.15) is 5.56 Å². The number of carboxylic acids is 1. The minimum absolute atomic E-state index is 0.0460. The van der Waals surface area contributed by atoms with E-state index in [1.807, 2.05) is 12.1 Å². The first-order chi connectivity index (χ1) is 10.2. The molecule has 0 spiro atoms. The molecule has 2 heterocycles. The zero-order valence-electron chi connectivity index (χ0n) is 10.9. The molecule has 0 aliphatic carbocycles. The van der Waals surface area contributed by atoms with E-state index in [-0.39, 0.29) is 6.42 Å². The van der Waals surface area contributed by atoms with Gasteiger partial charge in [0.05, 0.1) is 12.1 Å². The second kappa shape index (κ2) is 5.49. The summed E-state index contributed by atoms with van der Waals surface area (Å²) in [4.78, 5) is 16.3. The van der Waals surface area contributed by atoms with Crippen molar-refractivity contribution < 1.29 is 9.90 Å². The number of benzene rings is 1. The highest BCUT2D eigenvalue weighted by molar-refractivity contribution is 5.70. The maximum atomic E-state index is 10.7. The second-order valence-corrected chi connectivity index (χ2v) is 4.36. The lowest BCUT2D eigenvalue weighted by atomic mass is 10.1. The number of hydrogen-bond donors (Lipinski definition) is 1. The fourth-order valence-electron chi connectivity index (χ4n) is 1.89. The van der Waals surface area contributed by atoms with Gasteiger partial charge in [0.25, 0.3) is 0 Å². The molecule has 0 bridgehead atoms. The molecule has 0 fully saturated rings. The maximum absolute atomic E-state index is 10.7. The summed E-state index contributed by atoms with van der Waals surface area (Å²) in [6, 6.07) is 12.5. The molecule has 7 heteroatoms. The first-order valence-corrected chi connectivity index (χ1v) is 6.25. The van der Waals surface area contributed by atoms with Crippen molar-refractivity contribution in [3.05, 3.63) is 54.2 Å². The first-order valence-electron chi connectivity index (χ1n) is 6.25. The van der Waals surface area contributed by atoms with Crippen LogP contribution in [0, 0.1) is 0 Å². The Morgan fingerprint density at radius 2 is 2.10 bits per heavy atom. The van der Waals surface area contributed by atoms with Gasteiger partial charge in [0.1, 0.15) is 5.69 Å².